The molecule has 0 aliphatic carbocycles. The van der Waals surface area contributed by atoms with E-state index in [9.17, 15) is 0 Å². The van der Waals surface area contributed by atoms with Crippen molar-refractivity contribution < 1.29 is 6.51 Å². The first-order chi connectivity index (χ1) is 9.47. The van der Waals surface area contributed by atoms with Crippen molar-refractivity contribution in [1.29, 1.82) is 0 Å². The maximum atomic E-state index is 4.85. The number of fused-ring (bicyclic) bond motifs is 10. The standard InChI is InChI=1S/C12H17N2.C5H5.Fe/c1-10-9-13-7-8-14(10)11(2)12-5-3-4-6-12;1-2-4-5-3-1;/h3-6,10,13H,2,7-9H2,1H3;1-5H;. The van der Waals surface area contributed by atoms with E-state index in [2.05, 4.69) is 17.1 Å². The molecule has 0 aromatic carbocycles. The van der Waals surface area contributed by atoms with Gasteiger partial charge in [0.05, 0.1) is 0 Å². The fourth-order valence-electron chi connectivity index (χ4n) is 18.4. The molecule has 0 aromatic heterocycles. The summed E-state index contributed by atoms with van der Waals surface area (Å²) in [4.78, 5) is 15.7. The van der Waals surface area contributed by atoms with Gasteiger partial charge in [-0.2, -0.15) is 0 Å². The topological polar surface area (TPSA) is 15.3 Å². The second-order valence-corrected chi connectivity index (χ2v) is 35.9. The van der Waals surface area contributed by atoms with Crippen LogP contribution in [0.1, 0.15) is 6.92 Å². The summed E-state index contributed by atoms with van der Waals surface area (Å²) in [5.74, 6) is 0. The van der Waals surface area contributed by atoms with E-state index in [1.165, 1.54) is 63.0 Å². The van der Waals surface area contributed by atoms with Crippen LogP contribution < -0.4 is 5.32 Å². The van der Waals surface area contributed by atoms with Crippen LogP contribution in [0.4, 0.5) is 0 Å². The number of allylic oxidation sites excluding steroid dienone is 1. The van der Waals surface area contributed by atoms with E-state index in [4.69, 9.17) is 6.58 Å². The molecule has 0 bridgehead atoms. The number of rotatable bonds is 2. The molecule has 11 aliphatic heterocycles. The first-order valence-corrected chi connectivity index (χ1v) is 15.1. The Bertz CT molecular complexity index is 1010. The SMILES string of the molecule is C=C(N1CCNCC1C)[C]12[CH]3[CH]4[CH]5[CH]1[Fe]45321678[CH]2[CH]1[CH]6[CH]7[CH]28. The van der Waals surface area contributed by atoms with Crippen LogP contribution in [0.25, 0.3) is 0 Å². The Morgan fingerprint density at radius 2 is 1.70 bits per heavy atom. The second-order valence-electron chi connectivity index (χ2n) is 12.4. The summed E-state index contributed by atoms with van der Waals surface area (Å²) in [5.41, 5.74) is 1.75. The van der Waals surface area contributed by atoms with Gasteiger partial charge in [-0.05, 0) is 0 Å². The van der Waals surface area contributed by atoms with E-state index in [1.807, 2.05) is 0 Å². The van der Waals surface area contributed by atoms with Gasteiger partial charge in [0.1, 0.15) is 0 Å². The monoisotopic (exact) mass is 310 g/mol. The van der Waals surface area contributed by atoms with Gasteiger partial charge in [-0.15, -0.1) is 0 Å². The number of hydrogen-bond donors (Lipinski definition) is 1. The zero-order valence-corrected chi connectivity index (χ0v) is 13.0. The van der Waals surface area contributed by atoms with Gasteiger partial charge < -0.3 is 0 Å². The van der Waals surface area contributed by atoms with Gasteiger partial charge in [0.15, 0.2) is 0 Å². The predicted molar refractivity (Wildman–Crippen MR) is 74.6 cm³/mol. The predicted octanol–water partition coefficient (Wildman–Crippen LogP) is 3.55. The molecule has 0 radical (unpaired) electrons. The zero-order valence-electron chi connectivity index (χ0n) is 11.9. The minimum atomic E-state index is -2.94. The molecule has 3 heteroatoms. The summed E-state index contributed by atoms with van der Waals surface area (Å²) < 4.78 is 0.894. The van der Waals surface area contributed by atoms with E-state index in [-0.39, 0.29) is 0 Å². The maximum absolute atomic E-state index is 4.85. The molecule has 11 rings (SSSR count). The summed E-state index contributed by atoms with van der Waals surface area (Å²) in [6.45, 7) is 7.98. The summed E-state index contributed by atoms with van der Waals surface area (Å²) in [7, 11) is 0. The van der Waals surface area contributed by atoms with Gasteiger partial charge in [-0.3, -0.25) is 0 Å². The molecule has 5 atom stereocenters. The van der Waals surface area contributed by atoms with Crippen molar-refractivity contribution in [3.63, 3.8) is 0 Å². The van der Waals surface area contributed by atoms with Crippen molar-refractivity contribution in [3.8, 4) is 0 Å². The van der Waals surface area contributed by atoms with Crippen LogP contribution in [0.3, 0.4) is 0 Å². The molecule has 20 heavy (non-hydrogen) atoms. The Hall–Kier alpha value is 0.0195. The average Bonchev–Trinajstić information content (AvgIpc) is 3.38. The van der Waals surface area contributed by atoms with Gasteiger partial charge in [0.25, 0.3) is 0 Å². The van der Waals surface area contributed by atoms with Crippen LogP contribution in [0, 0.1) is 0 Å². The third kappa shape index (κ3) is 0.0953. The van der Waals surface area contributed by atoms with E-state index in [0.29, 0.717) is 6.04 Å². The van der Waals surface area contributed by atoms with Gasteiger partial charge in [-0.1, -0.05) is 0 Å². The molecular formula is C17H22FeN2. The van der Waals surface area contributed by atoms with Crippen molar-refractivity contribution in [1.82, 2.24) is 10.2 Å². The van der Waals surface area contributed by atoms with Gasteiger partial charge in [0, 0.05) is 0 Å². The number of nitrogens with zero attached hydrogens (tertiary/aromatic N) is 1. The van der Waals surface area contributed by atoms with Crippen molar-refractivity contribution in [3.05, 3.63) is 12.3 Å². The van der Waals surface area contributed by atoms with Crippen LogP contribution >= 0.6 is 0 Å². The van der Waals surface area contributed by atoms with Crippen LogP contribution in [-0.2, 0) is 6.51 Å². The number of hydrogen-bond acceptors (Lipinski definition) is 2. The summed E-state index contributed by atoms with van der Waals surface area (Å²) in [5, 5.41) is 3.58. The number of nitrogens with one attached hydrogen (secondary N) is 1. The Morgan fingerprint density at radius 1 is 1.10 bits per heavy atom. The van der Waals surface area contributed by atoms with Crippen LogP contribution in [0.5, 0.6) is 0 Å². The first kappa shape index (κ1) is 8.04. The molecule has 5 unspecified atom stereocenters. The van der Waals surface area contributed by atoms with E-state index >= 15 is 0 Å². The fourth-order valence-corrected chi connectivity index (χ4v) is 92.7. The van der Waals surface area contributed by atoms with Crippen molar-refractivity contribution in [2.45, 2.75) is 60.6 Å². The van der Waals surface area contributed by atoms with Crippen LogP contribution in [0.15, 0.2) is 12.3 Å². The van der Waals surface area contributed by atoms with Crippen molar-refractivity contribution in [2.24, 2.45) is 0 Å². The van der Waals surface area contributed by atoms with Crippen molar-refractivity contribution >= 4 is 0 Å². The average molecular weight is 310 g/mol. The normalized spacial score (nSPS) is 111. The molecule has 11 aliphatic rings. The fraction of sp³-hybridized carbons (Fsp3) is 0.882. The molecule has 0 saturated carbocycles. The van der Waals surface area contributed by atoms with Crippen LogP contribution in [-0.4, -0.2) is 30.6 Å². The number of piperazine rings is 1. The van der Waals surface area contributed by atoms with Crippen molar-refractivity contribution in [2.75, 3.05) is 19.6 Å². The molecule has 1 N–H and O–H groups in total. The van der Waals surface area contributed by atoms with E-state index in [1.54, 1.807) is 5.70 Å². The Morgan fingerprint density at radius 3 is 2.10 bits per heavy atom. The molecule has 11 heterocycles. The third-order valence-corrected chi connectivity index (χ3v) is 59.3. The molecule has 2 nitrogen and oxygen atoms in total. The van der Waals surface area contributed by atoms with Gasteiger partial charge in [0.2, 0.25) is 0 Å². The minimum absolute atomic E-state index is 0.705. The van der Waals surface area contributed by atoms with E-state index < -0.39 is 6.51 Å². The summed E-state index contributed by atoms with van der Waals surface area (Å²) in [6, 6.07) is 0.705. The van der Waals surface area contributed by atoms with Crippen LogP contribution in [0.2, 0.25) is 47.7 Å². The molecule has 11 saturated heterocycles. The molecule has 0 aromatic rings. The Kier molecular flexibility index (Phi) is 0.300. The Balaban J connectivity index is 1.31. The quantitative estimate of drug-likeness (QED) is 0.785. The molecule has 11 fully saturated rings. The summed E-state index contributed by atoms with van der Waals surface area (Å²) >= 11 is 0. The van der Waals surface area contributed by atoms with Gasteiger partial charge in [-0.25, -0.2) is 0 Å². The molecular weight excluding hydrogens is 288 g/mol. The first-order valence-electron chi connectivity index (χ1n) is 8.85. The summed E-state index contributed by atoms with van der Waals surface area (Å²) in [6.07, 6.45) is 0. The second kappa shape index (κ2) is 0.745. The molecule has 0 amide bonds. The molecule has 1 spiro atoms. The Labute approximate surface area is 109 Å². The zero-order chi connectivity index (χ0) is 12.6. The van der Waals surface area contributed by atoms with Gasteiger partial charge >= 0.3 is 109 Å². The molecule has 108 valence electrons. The van der Waals surface area contributed by atoms with E-state index in [0.717, 1.165) is 4.31 Å². The third-order valence-electron chi connectivity index (χ3n) is 17.0.